The van der Waals surface area contributed by atoms with Gasteiger partial charge < -0.3 is 18.9 Å². The van der Waals surface area contributed by atoms with Crippen molar-refractivity contribution in [1.82, 2.24) is 0 Å². The first kappa shape index (κ1) is 51.9. The largest absolute Gasteiger partial charge is 0.466 e. The lowest BCUT2D eigenvalue weighted by Gasteiger charge is -2.40. The van der Waals surface area contributed by atoms with Crippen LogP contribution in [0.25, 0.3) is 0 Å². The van der Waals surface area contributed by atoms with Crippen LogP contribution < -0.4 is 0 Å². The van der Waals surface area contributed by atoms with Gasteiger partial charge in [-0.15, -0.1) is 0 Å². The average molecular weight is 793 g/mol. The van der Waals surface area contributed by atoms with Crippen LogP contribution in [0.1, 0.15) is 188 Å². The van der Waals surface area contributed by atoms with Gasteiger partial charge in [-0.1, -0.05) is 109 Å². The Bertz CT molecular complexity index is 1020. The standard InChI is InChI=1S/4C12H22O2/c4*1-5-14-11(13)10-9(2)7-6-8-12(10,3)4/h4*9-10H,5-8H2,1-4H3/t2*9-,10+;2*9-,10-/m1010/s1. The van der Waals surface area contributed by atoms with E-state index in [-0.39, 0.29) is 69.2 Å². The van der Waals surface area contributed by atoms with E-state index in [2.05, 4.69) is 83.1 Å². The average Bonchev–Trinajstić information content (AvgIpc) is 3.04. The summed E-state index contributed by atoms with van der Waals surface area (Å²) >= 11 is 0. The van der Waals surface area contributed by atoms with Crippen LogP contribution in [0.3, 0.4) is 0 Å². The van der Waals surface area contributed by atoms with Crippen LogP contribution >= 0.6 is 0 Å². The Morgan fingerprint density at radius 3 is 0.661 bits per heavy atom. The SMILES string of the molecule is CCOC(=O)[C@@H]1[C@@H](C)CCCC1(C)C.CCOC(=O)[C@@H]1[C@H](C)CCCC1(C)C.CCOC(=O)[C@H]1[C@@H](C)CCCC1(C)C.CCOC(=O)[C@H]1[C@H](C)CCCC1(C)C. The zero-order valence-corrected chi connectivity index (χ0v) is 39.2. The van der Waals surface area contributed by atoms with Crippen LogP contribution in [-0.2, 0) is 38.1 Å². The third kappa shape index (κ3) is 15.2. The molecule has 0 radical (unpaired) electrons. The van der Waals surface area contributed by atoms with E-state index in [4.69, 9.17) is 18.9 Å². The molecule has 4 rings (SSSR count). The molecule has 0 saturated heterocycles. The maximum atomic E-state index is 11.8. The van der Waals surface area contributed by atoms with Gasteiger partial charge >= 0.3 is 23.9 Å². The highest BCUT2D eigenvalue weighted by atomic mass is 16.5. The molecule has 8 atom stereocenters. The smallest absolute Gasteiger partial charge is 0.309 e. The lowest BCUT2D eigenvalue weighted by atomic mass is 9.64. The monoisotopic (exact) mass is 793 g/mol. The zero-order chi connectivity index (χ0) is 43.1. The Labute approximate surface area is 344 Å². The Morgan fingerprint density at radius 1 is 0.375 bits per heavy atom. The first-order valence-electron chi connectivity index (χ1n) is 22.6. The van der Waals surface area contributed by atoms with E-state index in [1.807, 2.05) is 27.7 Å². The second-order valence-corrected chi connectivity index (χ2v) is 20.4. The molecule has 0 aliphatic heterocycles. The normalized spacial score (nSPS) is 31.1. The molecule has 0 aromatic rings. The highest BCUT2D eigenvalue weighted by Crippen LogP contribution is 2.47. The van der Waals surface area contributed by atoms with Gasteiger partial charge in [0.15, 0.2) is 0 Å². The highest BCUT2D eigenvalue weighted by molar-refractivity contribution is 5.75. The lowest BCUT2D eigenvalue weighted by Crippen LogP contribution is -2.40. The van der Waals surface area contributed by atoms with Crippen molar-refractivity contribution in [2.45, 2.75) is 188 Å². The number of hydrogen-bond donors (Lipinski definition) is 0. The molecule has 4 saturated carbocycles. The predicted molar refractivity (Wildman–Crippen MR) is 228 cm³/mol. The maximum Gasteiger partial charge on any atom is 0.309 e. The number of hydrogen-bond acceptors (Lipinski definition) is 8. The fourth-order valence-electron chi connectivity index (χ4n) is 11.0. The molecule has 4 aliphatic rings. The van der Waals surface area contributed by atoms with Crippen LogP contribution in [-0.4, -0.2) is 50.3 Å². The summed E-state index contributed by atoms with van der Waals surface area (Å²) in [4.78, 5) is 47.2. The molecule has 4 fully saturated rings. The van der Waals surface area contributed by atoms with Crippen molar-refractivity contribution in [3.8, 4) is 0 Å². The van der Waals surface area contributed by atoms with Gasteiger partial charge in [0.1, 0.15) is 0 Å². The van der Waals surface area contributed by atoms with Crippen molar-refractivity contribution in [2.75, 3.05) is 26.4 Å². The van der Waals surface area contributed by atoms with Gasteiger partial charge in [0, 0.05) is 0 Å². The molecule has 0 unspecified atom stereocenters. The van der Waals surface area contributed by atoms with Crippen molar-refractivity contribution in [3.05, 3.63) is 0 Å². The lowest BCUT2D eigenvalue weighted by molar-refractivity contribution is -0.158. The van der Waals surface area contributed by atoms with Gasteiger partial charge in [-0.2, -0.15) is 0 Å². The number of carbonyl (C=O) groups is 4. The summed E-state index contributed by atoms with van der Waals surface area (Å²) in [5.41, 5.74) is 0.460. The number of esters is 4. The van der Waals surface area contributed by atoms with Crippen molar-refractivity contribution in [3.63, 3.8) is 0 Å². The fraction of sp³-hybridized carbons (Fsp3) is 0.917. The third-order valence-electron chi connectivity index (χ3n) is 13.7. The second kappa shape index (κ2) is 23.5. The predicted octanol–water partition coefficient (Wildman–Crippen LogP) is 12.0. The summed E-state index contributed by atoms with van der Waals surface area (Å²) in [7, 11) is 0. The van der Waals surface area contributed by atoms with Crippen molar-refractivity contribution in [2.24, 2.45) is 69.0 Å². The number of ether oxygens (including phenoxy) is 4. The minimum Gasteiger partial charge on any atom is -0.466 e. The molecule has 0 spiro atoms. The molecule has 56 heavy (non-hydrogen) atoms. The molecule has 8 nitrogen and oxygen atoms in total. The van der Waals surface area contributed by atoms with E-state index >= 15 is 0 Å². The third-order valence-corrected chi connectivity index (χ3v) is 13.7. The van der Waals surface area contributed by atoms with E-state index in [1.54, 1.807) is 0 Å². The van der Waals surface area contributed by atoms with E-state index in [0.29, 0.717) is 50.1 Å². The molecule has 0 bridgehead atoms. The van der Waals surface area contributed by atoms with Crippen molar-refractivity contribution < 1.29 is 38.1 Å². The van der Waals surface area contributed by atoms with Crippen LogP contribution in [0, 0.1) is 69.0 Å². The summed E-state index contributed by atoms with van der Waals surface area (Å²) < 4.78 is 20.6. The van der Waals surface area contributed by atoms with Crippen LogP contribution in [0.5, 0.6) is 0 Å². The fourth-order valence-corrected chi connectivity index (χ4v) is 11.0. The van der Waals surface area contributed by atoms with Gasteiger partial charge in [-0.3, -0.25) is 19.2 Å². The molecular weight excluding hydrogens is 705 g/mol. The molecule has 0 amide bonds. The summed E-state index contributed by atoms with van der Waals surface area (Å²) in [6, 6.07) is 0. The minimum atomic E-state index is 0.00435. The van der Waals surface area contributed by atoms with Crippen molar-refractivity contribution >= 4 is 23.9 Å². The van der Waals surface area contributed by atoms with E-state index < -0.39 is 0 Å². The van der Waals surface area contributed by atoms with Gasteiger partial charge in [-0.05, 0) is 124 Å². The van der Waals surface area contributed by atoms with Gasteiger partial charge in [0.2, 0.25) is 0 Å². The highest BCUT2D eigenvalue weighted by Gasteiger charge is 2.45. The molecule has 0 aromatic heterocycles. The number of rotatable bonds is 8. The van der Waals surface area contributed by atoms with E-state index in [1.165, 1.54) is 25.7 Å². The molecule has 4 aliphatic carbocycles. The van der Waals surface area contributed by atoms with Crippen LogP contribution in [0.15, 0.2) is 0 Å². The second-order valence-electron chi connectivity index (χ2n) is 20.4. The van der Waals surface area contributed by atoms with Crippen LogP contribution in [0.2, 0.25) is 0 Å². The van der Waals surface area contributed by atoms with E-state index in [0.717, 1.165) is 51.4 Å². The molecule has 0 aromatic carbocycles. The quantitative estimate of drug-likeness (QED) is 0.177. The van der Waals surface area contributed by atoms with Crippen LogP contribution in [0.4, 0.5) is 0 Å². The number of carbonyl (C=O) groups excluding carboxylic acids is 4. The molecule has 8 heteroatoms. The molecular formula is C48H88O8. The first-order chi connectivity index (χ1) is 25.9. The Balaban J connectivity index is 0.000000373. The topological polar surface area (TPSA) is 105 Å². The Kier molecular flexibility index (Phi) is 21.7. The molecule has 0 heterocycles. The minimum absolute atomic E-state index is 0.00435. The Morgan fingerprint density at radius 2 is 0.536 bits per heavy atom. The van der Waals surface area contributed by atoms with Gasteiger partial charge in [0.05, 0.1) is 50.1 Å². The summed E-state index contributed by atoms with van der Waals surface area (Å²) in [5.74, 6) is 2.27. The summed E-state index contributed by atoms with van der Waals surface area (Å²) in [5, 5.41) is 0. The summed E-state index contributed by atoms with van der Waals surface area (Å²) in [6.07, 6.45) is 14.2. The first-order valence-corrected chi connectivity index (χ1v) is 22.6. The van der Waals surface area contributed by atoms with E-state index in [9.17, 15) is 19.2 Å². The summed E-state index contributed by atoms with van der Waals surface area (Å²) in [6.45, 7) is 35.6. The Hall–Kier alpha value is -2.12. The zero-order valence-electron chi connectivity index (χ0n) is 39.2. The molecule has 328 valence electrons. The maximum absolute atomic E-state index is 11.8. The van der Waals surface area contributed by atoms with Gasteiger partial charge in [0.25, 0.3) is 0 Å². The molecule has 0 N–H and O–H groups in total. The van der Waals surface area contributed by atoms with Crippen molar-refractivity contribution in [1.29, 1.82) is 0 Å². The van der Waals surface area contributed by atoms with Gasteiger partial charge in [-0.25, -0.2) is 0 Å².